The van der Waals surface area contributed by atoms with Crippen LogP contribution in [0.2, 0.25) is 0 Å². The van der Waals surface area contributed by atoms with Crippen LogP contribution in [-0.2, 0) is 32.5 Å². The molecule has 0 unspecified atom stereocenters. The van der Waals surface area contributed by atoms with Crippen LogP contribution in [0.15, 0.2) is 54.6 Å². The SMILES string of the molecule is CC(C)(C)c1cccc(O)c1C(C)(C)C.CC(C)(C)c1cccc(O)c1C(C)(C)C.CC(C)(C)c1cccc(O)c1C(C)(C)C.OP(O)O.OP(O)O. The Morgan fingerprint density at radius 3 is 0.547 bits per heavy atom. The van der Waals surface area contributed by atoms with E-state index in [0.29, 0.717) is 17.2 Å². The molecule has 3 aromatic rings. The molecule has 0 aliphatic rings. The van der Waals surface area contributed by atoms with Crippen molar-refractivity contribution in [2.45, 2.75) is 157 Å². The van der Waals surface area contributed by atoms with E-state index in [9.17, 15) is 15.3 Å². The van der Waals surface area contributed by atoms with Crippen molar-refractivity contribution in [3.8, 4) is 17.2 Å². The fraction of sp³-hybridized carbons (Fsp3) is 0.571. The van der Waals surface area contributed by atoms with E-state index in [2.05, 4.69) is 143 Å². The maximum Gasteiger partial charge on any atom is 0.324 e. The maximum atomic E-state index is 9.99. The Kier molecular flexibility index (Phi) is 20.5. The van der Waals surface area contributed by atoms with Gasteiger partial charge >= 0.3 is 17.2 Å². The van der Waals surface area contributed by atoms with Crippen molar-refractivity contribution >= 4 is 17.2 Å². The number of hydrogen-bond donors (Lipinski definition) is 9. The van der Waals surface area contributed by atoms with Crippen LogP contribution in [0.4, 0.5) is 0 Å². The molecule has 0 aliphatic carbocycles. The molecule has 0 amide bonds. The molecule has 0 saturated carbocycles. The Hall–Kier alpha value is -2.32. The van der Waals surface area contributed by atoms with Crippen molar-refractivity contribution in [3.63, 3.8) is 0 Å². The van der Waals surface area contributed by atoms with E-state index in [1.54, 1.807) is 18.2 Å². The number of rotatable bonds is 0. The number of hydrogen-bond acceptors (Lipinski definition) is 9. The standard InChI is InChI=1S/3C14H22O.2H3O3P/c3*1-13(2,3)10-8-7-9-11(15)12(10)14(4,5)6;2*1-4(2)3/h3*7-9,15H,1-6H3;2*1-3H. The summed E-state index contributed by atoms with van der Waals surface area (Å²) in [5.41, 5.74) is 7.05. The number of benzene rings is 3. The first-order chi connectivity index (χ1) is 23.4. The summed E-state index contributed by atoms with van der Waals surface area (Å²) in [7, 11) is -5.24. The van der Waals surface area contributed by atoms with Gasteiger partial charge in [-0.25, -0.2) is 0 Å². The maximum absolute atomic E-state index is 9.99. The van der Waals surface area contributed by atoms with Crippen molar-refractivity contribution in [1.29, 1.82) is 0 Å². The second-order valence-corrected chi connectivity index (χ2v) is 20.2. The van der Waals surface area contributed by atoms with E-state index >= 15 is 0 Å². The van der Waals surface area contributed by atoms with Gasteiger partial charge in [-0.05, 0) is 67.4 Å². The van der Waals surface area contributed by atoms with E-state index in [0.717, 1.165) is 16.7 Å². The summed E-state index contributed by atoms with van der Waals surface area (Å²) in [6.45, 7) is 38.8. The Morgan fingerprint density at radius 2 is 0.453 bits per heavy atom. The Balaban J connectivity index is 0. The van der Waals surface area contributed by atoms with Crippen molar-refractivity contribution < 1.29 is 44.7 Å². The van der Waals surface area contributed by atoms with Crippen LogP contribution in [0, 0.1) is 0 Å². The van der Waals surface area contributed by atoms with Gasteiger partial charge in [-0.3, -0.25) is 0 Å². The number of phenols is 3. The molecule has 3 aromatic carbocycles. The predicted octanol–water partition coefficient (Wildman–Crippen LogP) is 10.3. The highest BCUT2D eigenvalue weighted by Gasteiger charge is 2.29. The topological polar surface area (TPSA) is 182 Å². The van der Waals surface area contributed by atoms with E-state index in [-0.39, 0.29) is 32.5 Å². The van der Waals surface area contributed by atoms with E-state index in [1.165, 1.54) is 16.7 Å². The Bertz CT molecular complexity index is 1340. The lowest BCUT2D eigenvalue weighted by Crippen LogP contribution is -2.21. The summed E-state index contributed by atoms with van der Waals surface area (Å²) >= 11 is 0. The molecule has 0 radical (unpaired) electrons. The fourth-order valence-electron chi connectivity index (χ4n) is 5.86. The number of phenolic OH excluding ortho intramolecular Hbond substituents is 3. The van der Waals surface area contributed by atoms with Gasteiger partial charge in [0.15, 0.2) is 0 Å². The van der Waals surface area contributed by atoms with Gasteiger partial charge in [-0.15, -0.1) is 0 Å². The molecule has 9 N–H and O–H groups in total. The zero-order chi connectivity index (χ0) is 42.7. The van der Waals surface area contributed by atoms with Crippen molar-refractivity contribution in [2.24, 2.45) is 0 Å². The van der Waals surface area contributed by atoms with Gasteiger partial charge in [0.05, 0.1) is 0 Å². The van der Waals surface area contributed by atoms with Gasteiger partial charge < -0.3 is 44.7 Å². The Labute approximate surface area is 323 Å². The molecule has 0 aromatic heterocycles. The molecule has 0 bridgehead atoms. The van der Waals surface area contributed by atoms with E-state index < -0.39 is 17.2 Å². The van der Waals surface area contributed by atoms with Crippen molar-refractivity contribution in [1.82, 2.24) is 0 Å². The van der Waals surface area contributed by atoms with Gasteiger partial charge in [0.2, 0.25) is 0 Å². The lowest BCUT2D eigenvalue weighted by Gasteiger charge is -2.30. The zero-order valence-corrected chi connectivity index (χ0v) is 37.4. The van der Waals surface area contributed by atoms with Crippen LogP contribution in [0.5, 0.6) is 17.2 Å². The van der Waals surface area contributed by atoms with Crippen LogP contribution in [0.3, 0.4) is 0 Å². The van der Waals surface area contributed by atoms with Crippen molar-refractivity contribution in [3.05, 3.63) is 88.0 Å². The first-order valence-corrected chi connectivity index (χ1v) is 20.0. The molecule has 0 saturated heterocycles. The molecule has 9 nitrogen and oxygen atoms in total. The van der Waals surface area contributed by atoms with Gasteiger partial charge in [0.1, 0.15) is 17.2 Å². The van der Waals surface area contributed by atoms with Crippen molar-refractivity contribution in [2.75, 3.05) is 0 Å². The average molecular weight is 783 g/mol. The summed E-state index contributed by atoms with van der Waals surface area (Å²) in [6, 6.07) is 17.4. The van der Waals surface area contributed by atoms with E-state index in [4.69, 9.17) is 29.4 Å². The molecule has 0 aliphatic heterocycles. The van der Waals surface area contributed by atoms with Crippen LogP contribution >= 0.6 is 17.2 Å². The van der Waals surface area contributed by atoms with Crippen LogP contribution in [0.25, 0.3) is 0 Å². The smallest absolute Gasteiger partial charge is 0.324 e. The first-order valence-electron chi connectivity index (χ1n) is 17.6. The summed E-state index contributed by atoms with van der Waals surface area (Å²) in [6.07, 6.45) is 0. The van der Waals surface area contributed by atoms with E-state index in [1.807, 2.05) is 18.2 Å². The summed E-state index contributed by atoms with van der Waals surface area (Å²) < 4.78 is 0. The van der Waals surface area contributed by atoms with Gasteiger partial charge in [0.25, 0.3) is 0 Å². The third-order valence-electron chi connectivity index (χ3n) is 7.80. The monoisotopic (exact) mass is 782 g/mol. The zero-order valence-electron chi connectivity index (χ0n) is 35.6. The van der Waals surface area contributed by atoms with Gasteiger partial charge in [-0.1, -0.05) is 161 Å². The molecular weight excluding hydrogens is 710 g/mol. The van der Waals surface area contributed by atoms with Crippen LogP contribution in [0.1, 0.15) is 158 Å². The predicted molar refractivity (Wildman–Crippen MR) is 224 cm³/mol. The third kappa shape index (κ3) is 19.7. The van der Waals surface area contributed by atoms with Gasteiger partial charge in [-0.2, -0.15) is 0 Å². The summed E-state index contributed by atoms with van der Waals surface area (Å²) in [5, 5.41) is 30.0. The molecular formula is C42H72O9P2. The quantitative estimate of drug-likeness (QED) is 0.100. The van der Waals surface area contributed by atoms with Crippen LogP contribution in [-0.4, -0.2) is 44.7 Å². The summed E-state index contributed by atoms with van der Waals surface area (Å²) in [4.78, 5) is 43.4. The highest BCUT2D eigenvalue weighted by molar-refractivity contribution is 7.38. The minimum Gasteiger partial charge on any atom is -0.508 e. The molecule has 0 spiro atoms. The Morgan fingerprint density at radius 1 is 0.302 bits per heavy atom. The average Bonchev–Trinajstić information content (AvgIpc) is 2.89. The largest absolute Gasteiger partial charge is 0.508 e. The summed E-state index contributed by atoms with van der Waals surface area (Å²) in [5.74, 6) is 1.24. The third-order valence-corrected chi connectivity index (χ3v) is 7.80. The molecule has 0 fully saturated rings. The lowest BCUT2D eigenvalue weighted by molar-refractivity contribution is 0.366. The van der Waals surface area contributed by atoms with Crippen LogP contribution < -0.4 is 0 Å². The number of aromatic hydroxyl groups is 3. The molecule has 304 valence electrons. The fourth-order valence-corrected chi connectivity index (χ4v) is 5.86. The molecule has 0 heterocycles. The molecule has 3 rings (SSSR count). The highest BCUT2D eigenvalue weighted by atomic mass is 31.2. The second-order valence-electron chi connectivity index (χ2n) is 19.1. The molecule has 53 heavy (non-hydrogen) atoms. The molecule has 11 heteroatoms. The minimum absolute atomic E-state index is 0.0199. The normalized spacial score (nSPS) is 12.3. The minimum atomic E-state index is -2.62. The molecule has 0 atom stereocenters. The first kappa shape index (κ1) is 52.8. The highest BCUT2D eigenvalue weighted by Crippen LogP contribution is 2.41. The lowest BCUT2D eigenvalue weighted by atomic mass is 9.75. The van der Waals surface area contributed by atoms with Gasteiger partial charge in [0, 0.05) is 16.7 Å². The second kappa shape index (κ2) is 20.6.